The van der Waals surface area contributed by atoms with Gasteiger partial charge in [0.2, 0.25) is 5.91 Å². The van der Waals surface area contributed by atoms with E-state index in [-0.39, 0.29) is 5.91 Å². The van der Waals surface area contributed by atoms with Crippen molar-refractivity contribution in [1.29, 1.82) is 0 Å². The molecule has 19 heavy (non-hydrogen) atoms. The summed E-state index contributed by atoms with van der Waals surface area (Å²) in [7, 11) is 1.76. The van der Waals surface area contributed by atoms with E-state index < -0.39 is 0 Å². The molecule has 1 saturated heterocycles. The summed E-state index contributed by atoms with van der Waals surface area (Å²) >= 11 is 0. The quantitative estimate of drug-likeness (QED) is 0.678. The number of nitrogens with zero attached hydrogens (tertiary/aromatic N) is 1. The molecule has 0 aromatic carbocycles. The zero-order chi connectivity index (χ0) is 14.1. The van der Waals surface area contributed by atoms with Crippen LogP contribution in [0.2, 0.25) is 0 Å². The molecule has 0 bridgehead atoms. The first-order chi connectivity index (χ1) is 9.17. The molecular weight excluding hydrogens is 242 g/mol. The number of nitrogens with one attached hydrogen (secondary N) is 1. The molecule has 1 aliphatic rings. The molecule has 0 radical (unpaired) electrons. The Balaban J connectivity index is 2.30. The minimum absolute atomic E-state index is 0.0719. The third kappa shape index (κ3) is 6.36. The fourth-order valence-corrected chi connectivity index (χ4v) is 2.73. The Bertz CT molecular complexity index is 253. The van der Waals surface area contributed by atoms with Crippen LogP contribution in [0.3, 0.4) is 0 Å². The Morgan fingerprint density at radius 1 is 1.47 bits per heavy atom. The maximum Gasteiger partial charge on any atom is 0.216 e. The third-order valence-corrected chi connectivity index (χ3v) is 3.91. The van der Waals surface area contributed by atoms with Gasteiger partial charge in [0.1, 0.15) is 0 Å². The van der Waals surface area contributed by atoms with Crippen molar-refractivity contribution in [2.45, 2.75) is 38.6 Å². The van der Waals surface area contributed by atoms with Crippen molar-refractivity contribution in [2.24, 2.45) is 11.7 Å². The molecule has 1 rings (SSSR count). The monoisotopic (exact) mass is 271 g/mol. The molecular formula is C14H29N3O2. The maximum absolute atomic E-state index is 10.9. The van der Waals surface area contributed by atoms with Crippen molar-refractivity contribution in [2.75, 3.05) is 39.9 Å². The number of carbonyl (C=O) groups is 1. The Kier molecular flexibility index (Phi) is 8.02. The number of methoxy groups -OCH3 is 1. The summed E-state index contributed by atoms with van der Waals surface area (Å²) in [5.41, 5.74) is 5.59. The normalized spacial score (nSPS) is 19.3. The Labute approximate surface area is 116 Å². The number of nitrogens with two attached hydrogens (primary N) is 1. The van der Waals surface area contributed by atoms with E-state index in [1.807, 2.05) is 0 Å². The lowest BCUT2D eigenvalue weighted by Crippen LogP contribution is -2.45. The zero-order valence-corrected chi connectivity index (χ0v) is 12.4. The van der Waals surface area contributed by atoms with E-state index in [1.165, 1.54) is 0 Å². The molecule has 1 aliphatic heterocycles. The van der Waals surface area contributed by atoms with E-state index in [2.05, 4.69) is 10.2 Å². The third-order valence-electron chi connectivity index (χ3n) is 3.91. The van der Waals surface area contributed by atoms with Gasteiger partial charge >= 0.3 is 0 Å². The molecule has 0 aromatic heterocycles. The first-order valence-corrected chi connectivity index (χ1v) is 7.34. The van der Waals surface area contributed by atoms with Gasteiger partial charge < -0.3 is 15.8 Å². The van der Waals surface area contributed by atoms with Crippen LogP contribution in [0, 0.1) is 5.92 Å². The number of ether oxygens (including phenoxy) is 1. The second-order valence-corrected chi connectivity index (χ2v) is 5.46. The van der Waals surface area contributed by atoms with Crippen molar-refractivity contribution in [1.82, 2.24) is 10.2 Å². The van der Waals surface area contributed by atoms with Crippen LogP contribution in [0.15, 0.2) is 0 Å². The van der Waals surface area contributed by atoms with E-state index in [4.69, 9.17) is 10.5 Å². The van der Waals surface area contributed by atoms with E-state index in [1.54, 1.807) is 14.0 Å². The number of piperidine rings is 1. The molecule has 1 heterocycles. The van der Waals surface area contributed by atoms with Crippen LogP contribution in [0.4, 0.5) is 0 Å². The largest absolute Gasteiger partial charge is 0.383 e. The lowest BCUT2D eigenvalue weighted by atomic mass is 9.95. The molecule has 1 unspecified atom stereocenters. The molecule has 0 aromatic rings. The van der Waals surface area contributed by atoms with Gasteiger partial charge in [-0.2, -0.15) is 0 Å². The second-order valence-electron chi connectivity index (χ2n) is 5.46. The number of hydrogen-bond acceptors (Lipinski definition) is 4. The predicted octanol–water partition coefficient (Wildman–Crippen LogP) is 0.588. The number of amides is 1. The summed E-state index contributed by atoms with van der Waals surface area (Å²) in [6, 6.07) is 0.496. The highest BCUT2D eigenvalue weighted by Gasteiger charge is 2.24. The average molecular weight is 271 g/mol. The summed E-state index contributed by atoms with van der Waals surface area (Å²) in [5.74, 6) is 0.695. The topological polar surface area (TPSA) is 67.6 Å². The van der Waals surface area contributed by atoms with Crippen LogP contribution in [0.5, 0.6) is 0 Å². The average Bonchev–Trinajstić information content (AvgIpc) is 2.42. The van der Waals surface area contributed by atoms with Gasteiger partial charge in [0.15, 0.2) is 0 Å². The first kappa shape index (κ1) is 16.4. The van der Waals surface area contributed by atoms with Gasteiger partial charge in [-0.05, 0) is 51.2 Å². The maximum atomic E-state index is 10.9. The fourth-order valence-electron chi connectivity index (χ4n) is 2.73. The van der Waals surface area contributed by atoms with Gasteiger partial charge in [-0.3, -0.25) is 9.69 Å². The van der Waals surface area contributed by atoms with Crippen molar-refractivity contribution >= 4 is 5.91 Å². The molecule has 1 atom stereocenters. The van der Waals surface area contributed by atoms with E-state index in [0.717, 1.165) is 58.5 Å². The molecule has 0 aliphatic carbocycles. The van der Waals surface area contributed by atoms with Crippen molar-refractivity contribution in [3.8, 4) is 0 Å². The Hall–Kier alpha value is -0.650. The standard InChI is InChI=1S/C14H29N3O2/c1-12(18)16-10-13-5-8-17(9-6-13)14(11-19-2)4-3-7-15/h13-14H,3-11,15H2,1-2H3,(H,16,18). The minimum Gasteiger partial charge on any atom is -0.383 e. The number of rotatable bonds is 8. The van der Waals surface area contributed by atoms with Crippen molar-refractivity contribution in [3.63, 3.8) is 0 Å². The summed E-state index contributed by atoms with van der Waals surface area (Å²) in [6.45, 7) is 6.14. The van der Waals surface area contributed by atoms with Gasteiger partial charge in [-0.25, -0.2) is 0 Å². The van der Waals surface area contributed by atoms with Crippen molar-refractivity contribution in [3.05, 3.63) is 0 Å². The van der Waals surface area contributed by atoms with E-state index in [0.29, 0.717) is 12.0 Å². The van der Waals surface area contributed by atoms with Crippen LogP contribution in [0.1, 0.15) is 32.6 Å². The van der Waals surface area contributed by atoms with E-state index >= 15 is 0 Å². The van der Waals surface area contributed by atoms with Crippen molar-refractivity contribution < 1.29 is 9.53 Å². The predicted molar refractivity (Wildman–Crippen MR) is 76.9 cm³/mol. The van der Waals surface area contributed by atoms with Gasteiger partial charge in [-0.15, -0.1) is 0 Å². The first-order valence-electron chi connectivity index (χ1n) is 7.34. The zero-order valence-electron chi connectivity index (χ0n) is 12.4. The van der Waals surface area contributed by atoms with Crippen LogP contribution in [-0.4, -0.2) is 56.7 Å². The van der Waals surface area contributed by atoms with Crippen LogP contribution in [0.25, 0.3) is 0 Å². The summed E-state index contributed by atoms with van der Waals surface area (Å²) in [6.07, 6.45) is 4.48. The summed E-state index contributed by atoms with van der Waals surface area (Å²) in [5, 5.41) is 2.92. The molecule has 0 spiro atoms. The molecule has 1 amide bonds. The molecule has 112 valence electrons. The molecule has 0 saturated carbocycles. The Morgan fingerprint density at radius 3 is 2.68 bits per heavy atom. The highest BCUT2D eigenvalue weighted by Crippen LogP contribution is 2.20. The van der Waals surface area contributed by atoms with E-state index in [9.17, 15) is 4.79 Å². The highest BCUT2D eigenvalue weighted by molar-refractivity contribution is 5.72. The minimum atomic E-state index is 0.0719. The van der Waals surface area contributed by atoms with Gasteiger partial charge in [0, 0.05) is 26.6 Å². The molecule has 1 fully saturated rings. The lowest BCUT2D eigenvalue weighted by Gasteiger charge is -2.37. The van der Waals surface area contributed by atoms with Crippen LogP contribution >= 0.6 is 0 Å². The van der Waals surface area contributed by atoms with Crippen LogP contribution in [-0.2, 0) is 9.53 Å². The summed E-state index contributed by atoms with van der Waals surface area (Å²) in [4.78, 5) is 13.4. The number of carbonyl (C=O) groups excluding carboxylic acids is 1. The Morgan fingerprint density at radius 2 is 2.16 bits per heavy atom. The van der Waals surface area contributed by atoms with Gasteiger partial charge in [-0.1, -0.05) is 0 Å². The molecule has 5 nitrogen and oxygen atoms in total. The SMILES string of the molecule is COCC(CCCN)N1CCC(CNC(C)=O)CC1. The fraction of sp³-hybridized carbons (Fsp3) is 0.929. The van der Waals surface area contributed by atoms with Crippen LogP contribution < -0.4 is 11.1 Å². The summed E-state index contributed by atoms with van der Waals surface area (Å²) < 4.78 is 5.32. The number of likely N-dealkylation sites (tertiary alicyclic amines) is 1. The molecule has 5 heteroatoms. The van der Waals surface area contributed by atoms with Gasteiger partial charge in [0.25, 0.3) is 0 Å². The smallest absolute Gasteiger partial charge is 0.216 e. The highest BCUT2D eigenvalue weighted by atomic mass is 16.5. The second kappa shape index (κ2) is 9.28. The number of hydrogen-bond donors (Lipinski definition) is 2. The molecule has 3 N–H and O–H groups in total. The van der Waals surface area contributed by atoms with Gasteiger partial charge in [0.05, 0.1) is 6.61 Å². The lowest BCUT2D eigenvalue weighted by molar-refractivity contribution is -0.119.